The van der Waals surface area contributed by atoms with Crippen molar-refractivity contribution in [1.29, 1.82) is 0 Å². The van der Waals surface area contributed by atoms with Crippen molar-refractivity contribution < 1.29 is 19.1 Å². The quantitative estimate of drug-likeness (QED) is 0.0419. The monoisotopic (exact) mass is 1090 g/mol. The lowest BCUT2D eigenvalue weighted by Gasteiger charge is -2.15. The number of nitrogens with one attached hydrogen (secondary N) is 6. The Kier molecular flexibility index (Phi) is 18.2. The molecule has 80 heavy (non-hydrogen) atoms. The largest absolute Gasteiger partial charge is 0.492 e. The molecule has 9 aromatic rings. The molecule has 0 bridgehead atoms. The van der Waals surface area contributed by atoms with Crippen molar-refractivity contribution in [3.8, 4) is 11.5 Å². The first-order valence-electron chi connectivity index (χ1n) is 26.6. The van der Waals surface area contributed by atoms with Crippen LogP contribution in [0.15, 0.2) is 171 Å². The number of pyridine rings is 2. The van der Waals surface area contributed by atoms with E-state index in [-0.39, 0.29) is 11.8 Å². The molecule has 0 spiro atoms. The van der Waals surface area contributed by atoms with Crippen LogP contribution in [-0.2, 0) is 0 Å². The second-order valence-corrected chi connectivity index (χ2v) is 19.6. The Hall–Kier alpha value is -9.23. The van der Waals surface area contributed by atoms with Gasteiger partial charge in [-0.3, -0.25) is 19.4 Å². The smallest absolute Gasteiger partial charge is 0.257 e. The maximum atomic E-state index is 13.2. The molecule has 19 heteroatoms. The highest BCUT2D eigenvalue weighted by molar-refractivity contribution is 6.34. The highest BCUT2D eigenvalue weighted by Gasteiger charge is 2.16. The van der Waals surface area contributed by atoms with Crippen LogP contribution >= 0.6 is 11.6 Å². The van der Waals surface area contributed by atoms with Crippen molar-refractivity contribution in [3.63, 3.8) is 0 Å². The van der Waals surface area contributed by atoms with Gasteiger partial charge < -0.3 is 41.4 Å². The molecule has 2 aliphatic rings. The van der Waals surface area contributed by atoms with E-state index in [1.165, 1.54) is 38.1 Å². The van der Waals surface area contributed by atoms with Gasteiger partial charge in [0.1, 0.15) is 36.3 Å². The second kappa shape index (κ2) is 26.9. The zero-order chi connectivity index (χ0) is 54.9. The number of ether oxygens (including phenoxy) is 2. The third-order valence-electron chi connectivity index (χ3n) is 13.3. The fraction of sp³-hybridized carbons (Fsp3) is 0.213. The van der Waals surface area contributed by atoms with Crippen LogP contribution in [0.2, 0.25) is 5.02 Å². The van der Waals surface area contributed by atoms with Crippen LogP contribution in [-0.4, -0.2) is 104 Å². The number of benzene rings is 5. The summed E-state index contributed by atoms with van der Waals surface area (Å²) < 4.78 is 11.9. The number of halogens is 1. The van der Waals surface area contributed by atoms with Gasteiger partial charge >= 0.3 is 0 Å². The molecule has 18 nitrogen and oxygen atoms in total. The summed E-state index contributed by atoms with van der Waals surface area (Å²) in [6.07, 6.45) is 14.8. The Morgan fingerprint density at radius 2 is 1.04 bits per heavy atom. The number of carbonyl (C=O) groups excluding carboxylic acids is 2. The van der Waals surface area contributed by atoms with Crippen LogP contribution in [0.3, 0.4) is 0 Å². The van der Waals surface area contributed by atoms with Gasteiger partial charge in [0.05, 0.1) is 46.7 Å². The number of aryl methyl sites for hydroxylation is 1. The van der Waals surface area contributed by atoms with Crippen molar-refractivity contribution in [2.75, 3.05) is 84.4 Å². The van der Waals surface area contributed by atoms with Gasteiger partial charge in [0, 0.05) is 71.3 Å². The maximum absolute atomic E-state index is 13.2. The van der Waals surface area contributed by atoms with Gasteiger partial charge in [-0.2, -0.15) is 0 Å². The van der Waals surface area contributed by atoms with E-state index in [1.807, 2.05) is 122 Å². The molecule has 2 saturated heterocycles. The van der Waals surface area contributed by atoms with E-state index in [1.54, 1.807) is 43.0 Å². The summed E-state index contributed by atoms with van der Waals surface area (Å²) in [4.78, 5) is 57.1. The molecule has 406 valence electrons. The number of likely N-dealkylation sites (tertiary alicyclic amines) is 2. The van der Waals surface area contributed by atoms with Crippen LogP contribution in [0.5, 0.6) is 11.5 Å². The minimum Gasteiger partial charge on any atom is -0.492 e. The van der Waals surface area contributed by atoms with E-state index >= 15 is 0 Å². The average molecular weight is 1090 g/mol. The summed E-state index contributed by atoms with van der Waals surface area (Å²) in [5.41, 5.74) is 5.75. The number of carbonyl (C=O) groups is 2. The summed E-state index contributed by atoms with van der Waals surface area (Å²) in [6.45, 7) is 9.72. The standard InChI is InChI=1S/C33H33N7O2.C28H28ClN7O2/c1-23-11-12-26(37-31-29-10-3-2-7-24(29)13-14-34-31)20-30(23)32(41)38-27-21-35-33(36-22-27)39-25-8-6-9-28(19-25)42-18-17-40-15-4-5-16-40;29-25-10-9-21(33-26-8-1-2-11-30-26)17-24(25)27(37)34-22-18-31-28(32-19-22)35-20-6-5-7-23(16-20)38-15-14-36-12-3-4-13-36/h2-3,6-14,19-22H,4-5,15-18H2,1H3,(H,34,37)(H,38,41)(H,35,36,39);1-2,5-11,16-19H,3-4,12-15H2,(H,30,33)(H,34,37)(H,31,32,35). The number of amides is 2. The summed E-state index contributed by atoms with van der Waals surface area (Å²) in [7, 11) is 0. The number of hydrogen-bond acceptors (Lipinski definition) is 16. The van der Waals surface area contributed by atoms with Gasteiger partial charge in [-0.05, 0) is 143 Å². The average Bonchev–Trinajstić information content (AvgIpc) is 4.22. The molecule has 2 fully saturated rings. The zero-order valence-electron chi connectivity index (χ0n) is 44.2. The molecular weight excluding hydrogens is 1030 g/mol. The minimum absolute atomic E-state index is 0.245. The third kappa shape index (κ3) is 15.3. The molecule has 0 radical (unpaired) electrons. The van der Waals surface area contributed by atoms with Crippen molar-refractivity contribution in [1.82, 2.24) is 39.7 Å². The molecule has 4 aromatic heterocycles. The van der Waals surface area contributed by atoms with Gasteiger partial charge in [0.15, 0.2) is 0 Å². The molecule has 0 saturated carbocycles. The number of hydrogen-bond donors (Lipinski definition) is 6. The topological polar surface area (TPSA) is 209 Å². The summed E-state index contributed by atoms with van der Waals surface area (Å²) >= 11 is 6.30. The van der Waals surface area contributed by atoms with Gasteiger partial charge in [0.25, 0.3) is 11.8 Å². The van der Waals surface area contributed by atoms with E-state index in [9.17, 15) is 9.59 Å². The molecule has 6 heterocycles. The maximum Gasteiger partial charge on any atom is 0.257 e. The van der Waals surface area contributed by atoms with Crippen molar-refractivity contribution >= 4 is 91.8 Å². The molecule has 5 aromatic carbocycles. The third-order valence-corrected chi connectivity index (χ3v) is 13.6. The van der Waals surface area contributed by atoms with Crippen LogP contribution in [0.4, 0.5) is 57.7 Å². The first-order valence-corrected chi connectivity index (χ1v) is 27.0. The van der Waals surface area contributed by atoms with Crippen molar-refractivity contribution in [2.24, 2.45) is 0 Å². The zero-order valence-corrected chi connectivity index (χ0v) is 45.0. The van der Waals surface area contributed by atoms with E-state index in [4.69, 9.17) is 21.1 Å². The number of anilines is 10. The van der Waals surface area contributed by atoms with E-state index in [2.05, 4.69) is 71.6 Å². The molecule has 2 amide bonds. The molecule has 6 N–H and O–H groups in total. The van der Waals surface area contributed by atoms with E-state index < -0.39 is 0 Å². The highest BCUT2D eigenvalue weighted by atomic mass is 35.5. The second-order valence-electron chi connectivity index (χ2n) is 19.2. The van der Waals surface area contributed by atoms with E-state index in [0.29, 0.717) is 64.1 Å². The lowest BCUT2D eigenvalue weighted by atomic mass is 10.1. The Bertz CT molecular complexity index is 3510. The normalized spacial score (nSPS) is 13.2. The lowest BCUT2D eigenvalue weighted by molar-refractivity contribution is 0.101. The first kappa shape index (κ1) is 54.1. The van der Waals surface area contributed by atoms with Gasteiger partial charge in [-0.1, -0.05) is 60.1 Å². The molecule has 2 aliphatic heterocycles. The van der Waals surface area contributed by atoms with Crippen molar-refractivity contribution in [3.05, 3.63) is 192 Å². The fourth-order valence-corrected chi connectivity index (χ4v) is 9.36. The first-order chi connectivity index (χ1) is 39.2. The minimum atomic E-state index is -0.372. The van der Waals surface area contributed by atoms with Crippen LogP contribution < -0.4 is 41.4 Å². The molecule has 0 atom stereocenters. The summed E-state index contributed by atoms with van der Waals surface area (Å²) in [5.74, 6) is 3.19. The highest BCUT2D eigenvalue weighted by Crippen LogP contribution is 2.28. The number of aromatic nitrogens is 6. The Labute approximate surface area is 469 Å². The Morgan fingerprint density at radius 3 is 1.64 bits per heavy atom. The van der Waals surface area contributed by atoms with Gasteiger partial charge in [-0.15, -0.1) is 0 Å². The number of rotatable bonds is 20. The lowest BCUT2D eigenvalue weighted by Crippen LogP contribution is -2.25. The number of fused-ring (bicyclic) bond motifs is 1. The van der Waals surface area contributed by atoms with Gasteiger partial charge in [0.2, 0.25) is 11.9 Å². The van der Waals surface area contributed by atoms with Crippen LogP contribution in [0.1, 0.15) is 52.0 Å². The predicted molar refractivity (Wildman–Crippen MR) is 317 cm³/mol. The fourth-order valence-electron chi connectivity index (χ4n) is 9.16. The number of nitrogens with zero attached hydrogens (tertiary/aromatic N) is 8. The predicted octanol–water partition coefficient (Wildman–Crippen LogP) is 12.3. The van der Waals surface area contributed by atoms with Crippen molar-refractivity contribution in [2.45, 2.75) is 32.6 Å². The van der Waals surface area contributed by atoms with Crippen LogP contribution in [0.25, 0.3) is 10.8 Å². The van der Waals surface area contributed by atoms with Gasteiger partial charge in [-0.25, -0.2) is 29.9 Å². The molecule has 11 rings (SSSR count). The Balaban J connectivity index is 0.000000181. The molecular formula is C61H61ClN14O4. The SMILES string of the molecule is Cc1ccc(Nc2nccc3ccccc23)cc1C(=O)Nc1cnc(Nc2cccc(OCCN3CCCC3)c2)nc1.O=C(Nc1cnc(Nc2cccc(OCCN3CCCC3)c2)nc1)c1cc(Nc2ccccn2)ccc1Cl. The molecule has 0 unspecified atom stereocenters. The molecule has 0 aliphatic carbocycles. The van der Waals surface area contributed by atoms with Crippen LogP contribution in [0, 0.1) is 6.92 Å². The Morgan fingerprint density at radius 1 is 0.500 bits per heavy atom. The summed E-state index contributed by atoms with van der Waals surface area (Å²) in [6, 6.07) is 41.8. The summed E-state index contributed by atoms with van der Waals surface area (Å²) in [5, 5.41) is 21.0. The van der Waals surface area contributed by atoms with E-state index in [0.717, 1.165) is 90.0 Å².